The Bertz CT molecular complexity index is 660. The standard InChI is InChI=1S/C17H25N5O2.HI/c1-13-21-16(24-22-13)9-6-11-19-17(18-2)20-12-10-14-7-4-5-8-15(14)23-3;/h4-5,7-8H,6,9-12H2,1-3H3,(H2,18,19,20);1H. The molecule has 0 unspecified atom stereocenters. The van der Waals surface area contributed by atoms with Crippen LogP contribution in [0.25, 0.3) is 0 Å². The van der Waals surface area contributed by atoms with Crippen LogP contribution in [0.4, 0.5) is 0 Å². The first-order chi connectivity index (χ1) is 11.7. The number of nitrogens with zero attached hydrogens (tertiary/aromatic N) is 3. The lowest BCUT2D eigenvalue weighted by Gasteiger charge is -2.12. The summed E-state index contributed by atoms with van der Waals surface area (Å²) in [5.74, 6) is 3.05. The molecule has 2 N–H and O–H groups in total. The number of para-hydroxylation sites is 1. The van der Waals surface area contributed by atoms with E-state index < -0.39 is 0 Å². The van der Waals surface area contributed by atoms with Crippen molar-refractivity contribution in [3.8, 4) is 5.75 Å². The molecule has 0 saturated carbocycles. The smallest absolute Gasteiger partial charge is 0.226 e. The number of aryl methyl sites for hydroxylation is 2. The number of ether oxygens (including phenoxy) is 1. The number of halogens is 1. The number of rotatable bonds is 8. The van der Waals surface area contributed by atoms with Crippen LogP contribution in [0.5, 0.6) is 5.75 Å². The number of hydrogen-bond acceptors (Lipinski definition) is 5. The van der Waals surface area contributed by atoms with Gasteiger partial charge in [-0.25, -0.2) is 0 Å². The summed E-state index contributed by atoms with van der Waals surface area (Å²) in [4.78, 5) is 8.41. The molecule has 0 bridgehead atoms. The van der Waals surface area contributed by atoms with E-state index in [0.29, 0.717) is 11.7 Å². The molecule has 2 rings (SSSR count). The van der Waals surface area contributed by atoms with Crippen molar-refractivity contribution >= 4 is 29.9 Å². The number of methoxy groups -OCH3 is 1. The van der Waals surface area contributed by atoms with Gasteiger partial charge in [0.05, 0.1) is 7.11 Å². The molecule has 0 atom stereocenters. The van der Waals surface area contributed by atoms with Gasteiger partial charge in [-0.1, -0.05) is 23.4 Å². The highest BCUT2D eigenvalue weighted by molar-refractivity contribution is 14.0. The Morgan fingerprint density at radius 3 is 2.64 bits per heavy atom. The average Bonchev–Trinajstić information content (AvgIpc) is 3.02. The predicted octanol–water partition coefficient (Wildman–Crippen LogP) is 2.34. The fraction of sp³-hybridized carbons (Fsp3) is 0.471. The second kappa shape index (κ2) is 11.7. The van der Waals surface area contributed by atoms with Crippen LogP contribution in [-0.2, 0) is 12.8 Å². The zero-order valence-corrected chi connectivity index (χ0v) is 17.2. The van der Waals surface area contributed by atoms with E-state index >= 15 is 0 Å². The Hall–Kier alpha value is -1.84. The molecule has 1 aromatic carbocycles. The van der Waals surface area contributed by atoms with E-state index in [1.807, 2.05) is 25.1 Å². The van der Waals surface area contributed by atoms with Gasteiger partial charge in [0.1, 0.15) is 5.75 Å². The maximum absolute atomic E-state index is 5.36. The van der Waals surface area contributed by atoms with Crippen molar-refractivity contribution in [2.45, 2.75) is 26.2 Å². The van der Waals surface area contributed by atoms with Crippen molar-refractivity contribution in [2.75, 3.05) is 27.2 Å². The lowest BCUT2D eigenvalue weighted by atomic mass is 10.1. The first kappa shape index (κ1) is 21.2. The summed E-state index contributed by atoms with van der Waals surface area (Å²) in [6, 6.07) is 8.04. The second-order valence-corrected chi connectivity index (χ2v) is 5.33. The highest BCUT2D eigenvalue weighted by Gasteiger charge is 2.04. The van der Waals surface area contributed by atoms with E-state index in [2.05, 4.69) is 31.8 Å². The van der Waals surface area contributed by atoms with Crippen LogP contribution >= 0.6 is 24.0 Å². The summed E-state index contributed by atoms with van der Waals surface area (Å²) in [5, 5.41) is 10.4. The van der Waals surface area contributed by atoms with Gasteiger partial charge in [-0.3, -0.25) is 4.99 Å². The third kappa shape index (κ3) is 7.29. The zero-order valence-electron chi connectivity index (χ0n) is 14.9. The summed E-state index contributed by atoms with van der Waals surface area (Å²) in [7, 11) is 3.46. The highest BCUT2D eigenvalue weighted by Crippen LogP contribution is 2.17. The van der Waals surface area contributed by atoms with Gasteiger partial charge in [-0.2, -0.15) is 4.98 Å². The molecule has 1 aromatic heterocycles. The lowest BCUT2D eigenvalue weighted by Crippen LogP contribution is -2.38. The molecule has 25 heavy (non-hydrogen) atoms. The summed E-state index contributed by atoms with van der Waals surface area (Å²) < 4.78 is 10.4. The van der Waals surface area contributed by atoms with Crippen molar-refractivity contribution in [1.82, 2.24) is 20.8 Å². The third-order valence-corrected chi connectivity index (χ3v) is 3.53. The molecule has 8 heteroatoms. The Morgan fingerprint density at radius 1 is 1.20 bits per heavy atom. The molecule has 0 amide bonds. The van der Waals surface area contributed by atoms with E-state index in [4.69, 9.17) is 9.26 Å². The first-order valence-electron chi connectivity index (χ1n) is 8.08. The molecule has 0 fully saturated rings. The maximum atomic E-state index is 5.36. The van der Waals surface area contributed by atoms with Gasteiger partial charge in [0.25, 0.3) is 0 Å². The minimum absolute atomic E-state index is 0. The van der Waals surface area contributed by atoms with Crippen LogP contribution in [-0.4, -0.2) is 43.3 Å². The number of benzene rings is 1. The van der Waals surface area contributed by atoms with Crippen LogP contribution in [0, 0.1) is 6.92 Å². The Labute approximate surface area is 165 Å². The summed E-state index contributed by atoms with van der Waals surface area (Å²) in [6.07, 6.45) is 2.52. The van der Waals surface area contributed by atoms with Crippen LogP contribution in [0.1, 0.15) is 23.7 Å². The van der Waals surface area contributed by atoms with Crippen LogP contribution < -0.4 is 15.4 Å². The van der Waals surface area contributed by atoms with E-state index in [1.54, 1.807) is 14.2 Å². The number of nitrogens with one attached hydrogen (secondary N) is 2. The van der Waals surface area contributed by atoms with Gasteiger partial charge >= 0.3 is 0 Å². The lowest BCUT2D eigenvalue weighted by molar-refractivity contribution is 0.372. The van der Waals surface area contributed by atoms with Gasteiger partial charge in [0, 0.05) is 26.6 Å². The van der Waals surface area contributed by atoms with Crippen LogP contribution in [0.3, 0.4) is 0 Å². The molecule has 0 radical (unpaired) electrons. The maximum Gasteiger partial charge on any atom is 0.226 e. The van der Waals surface area contributed by atoms with Crippen LogP contribution in [0.15, 0.2) is 33.8 Å². The van der Waals surface area contributed by atoms with Gasteiger partial charge in [-0.15, -0.1) is 24.0 Å². The Balaban J connectivity index is 0.00000312. The number of aromatic nitrogens is 2. The van der Waals surface area contributed by atoms with E-state index in [0.717, 1.165) is 44.1 Å². The molecule has 0 aliphatic carbocycles. The fourth-order valence-corrected chi connectivity index (χ4v) is 2.33. The molecule has 7 nitrogen and oxygen atoms in total. The predicted molar refractivity (Wildman–Crippen MR) is 109 cm³/mol. The largest absolute Gasteiger partial charge is 0.496 e. The minimum Gasteiger partial charge on any atom is -0.496 e. The van der Waals surface area contributed by atoms with Crippen molar-refractivity contribution in [2.24, 2.45) is 4.99 Å². The topological polar surface area (TPSA) is 84.6 Å². The normalized spacial score (nSPS) is 10.9. The number of guanidine groups is 1. The van der Waals surface area contributed by atoms with Crippen molar-refractivity contribution in [1.29, 1.82) is 0 Å². The fourth-order valence-electron chi connectivity index (χ4n) is 2.33. The highest BCUT2D eigenvalue weighted by atomic mass is 127. The SMILES string of the molecule is CN=C(NCCCc1nc(C)no1)NCCc1ccccc1OC.I. The van der Waals surface area contributed by atoms with Gasteiger partial charge < -0.3 is 19.9 Å². The molecule has 0 aliphatic heterocycles. The summed E-state index contributed by atoms with van der Waals surface area (Å²) >= 11 is 0. The zero-order chi connectivity index (χ0) is 17.2. The molecular formula is C17H26IN5O2. The molecule has 0 spiro atoms. The van der Waals surface area contributed by atoms with E-state index in [-0.39, 0.29) is 24.0 Å². The summed E-state index contributed by atoms with van der Waals surface area (Å²) in [5.41, 5.74) is 1.18. The molecule has 1 heterocycles. The monoisotopic (exact) mass is 459 g/mol. The minimum atomic E-state index is 0. The van der Waals surface area contributed by atoms with Crippen LogP contribution in [0.2, 0.25) is 0 Å². The quantitative estimate of drug-likeness (QED) is 0.273. The van der Waals surface area contributed by atoms with E-state index in [9.17, 15) is 0 Å². The average molecular weight is 459 g/mol. The molecule has 0 aliphatic rings. The molecule has 138 valence electrons. The second-order valence-electron chi connectivity index (χ2n) is 5.33. The number of hydrogen-bond donors (Lipinski definition) is 2. The van der Waals surface area contributed by atoms with Gasteiger partial charge in [0.2, 0.25) is 5.89 Å². The molecule has 2 aromatic rings. The van der Waals surface area contributed by atoms with Crippen molar-refractivity contribution in [3.05, 3.63) is 41.5 Å². The Kier molecular flexibility index (Phi) is 9.90. The van der Waals surface area contributed by atoms with Crippen molar-refractivity contribution < 1.29 is 9.26 Å². The van der Waals surface area contributed by atoms with Gasteiger partial charge in [0.15, 0.2) is 11.8 Å². The third-order valence-electron chi connectivity index (χ3n) is 3.53. The molecule has 0 saturated heterocycles. The summed E-state index contributed by atoms with van der Waals surface area (Å²) in [6.45, 7) is 3.39. The first-order valence-corrected chi connectivity index (χ1v) is 8.08. The van der Waals surface area contributed by atoms with E-state index in [1.165, 1.54) is 5.56 Å². The van der Waals surface area contributed by atoms with Crippen molar-refractivity contribution in [3.63, 3.8) is 0 Å². The Morgan fingerprint density at radius 2 is 1.96 bits per heavy atom. The molecular weight excluding hydrogens is 433 g/mol. The van der Waals surface area contributed by atoms with Gasteiger partial charge in [-0.05, 0) is 31.4 Å². The number of aliphatic imine (C=N–C) groups is 1.